The Morgan fingerprint density at radius 3 is 2.93 bits per heavy atom. The molecule has 0 aliphatic carbocycles. The molecule has 0 unspecified atom stereocenters. The lowest BCUT2D eigenvalue weighted by molar-refractivity contribution is -0.384. The van der Waals surface area contributed by atoms with Gasteiger partial charge in [-0.15, -0.1) is 0 Å². The summed E-state index contributed by atoms with van der Waals surface area (Å²) in [7, 11) is 0. The van der Waals surface area contributed by atoms with E-state index in [2.05, 4.69) is 10.3 Å². The van der Waals surface area contributed by atoms with Crippen molar-refractivity contribution in [1.29, 1.82) is 0 Å². The van der Waals surface area contributed by atoms with Gasteiger partial charge in [0.25, 0.3) is 11.6 Å². The third kappa shape index (κ3) is 3.20. The highest BCUT2D eigenvalue weighted by Gasteiger charge is 2.19. The number of fused-ring (bicyclic) bond motifs is 1. The first-order chi connectivity index (χ1) is 13.0. The largest absolute Gasteiger partial charge is 0.467 e. The van der Waals surface area contributed by atoms with Gasteiger partial charge in [-0.25, -0.2) is 4.98 Å². The van der Waals surface area contributed by atoms with Gasteiger partial charge in [-0.1, -0.05) is 23.5 Å². The molecule has 1 N–H and O–H groups in total. The number of carbonyl (C=O) groups is 1. The Hall–Kier alpha value is -3.46. The summed E-state index contributed by atoms with van der Waals surface area (Å²) >= 11 is 1.27. The van der Waals surface area contributed by atoms with Crippen LogP contribution in [0.2, 0.25) is 0 Å². The highest BCUT2D eigenvalue weighted by molar-refractivity contribution is 7.19. The van der Waals surface area contributed by atoms with Gasteiger partial charge in [-0.05, 0) is 19.1 Å². The Morgan fingerprint density at radius 1 is 1.37 bits per heavy atom. The van der Waals surface area contributed by atoms with Crippen molar-refractivity contribution in [3.8, 4) is 11.3 Å². The number of nitrogens with one attached hydrogen (secondary N) is 1. The fourth-order valence-electron chi connectivity index (χ4n) is 2.74. The van der Waals surface area contributed by atoms with Crippen LogP contribution in [0.15, 0.2) is 53.3 Å². The molecule has 0 atom stereocenters. The number of hydrogen-bond acceptors (Lipinski definition) is 6. The molecule has 4 rings (SSSR count). The van der Waals surface area contributed by atoms with E-state index in [4.69, 9.17) is 4.42 Å². The molecule has 0 aliphatic heterocycles. The first-order valence-corrected chi connectivity index (χ1v) is 8.88. The normalized spacial score (nSPS) is 11.0. The SMILES string of the molecule is Cc1c(C(=O)NCc2ccco2)sc2nc(-c3cccc([N+](=O)[O-])c3)cn12. The van der Waals surface area contributed by atoms with Crippen molar-refractivity contribution in [3.63, 3.8) is 0 Å². The molecule has 3 aromatic heterocycles. The predicted molar refractivity (Wildman–Crippen MR) is 99.8 cm³/mol. The van der Waals surface area contributed by atoms with E-state index in [0.717, 1.165) is 5.69 Å². The number of non-ortho nitro benzene ring substituents is 1. The van der Waals surface area contributed by atoms with Crippen LogP contribution in [0.5, 0.6) is 0 Å². The van der Waals surface area contributed by atoms with E-state index >= 15 is 0 Å². The number of amides is 1. The summed E-state index contributed by atoms with van der Waals surface area (Å²) in [5, 5.41) is 13.8. The van der Waals surface area contributed by atoms with Gasteiger partial charge in [-0.2, -0.15) is 0 Å². The molecule has 0 saturated carbocycles. The summed E-state index contributed by atoms with van der Waals surface area (Å²) < 4.78 is 7.03. The number of hydrogen-bond donors (Lipinski definition) is 1. The van der Waals surface area contributed by atoms with Gasteiger partial charge in [0.2, 0.25) is 0 Å². The van der Waals surface area contributed by atoms with Crippen molar-refractivity contribution in [2.45, 2.75) is 13.5 Å². The van der Waals surface area contributed by atoms with Crippen LogP contribution in [0.4, 0.5) is 5.69 Å². The fourth-order valence-corrected chi connectivity index (χ4v) is 3.76. The Balaban J connectivity index is 1.60. The Kier molecular flexibility index (Phi) is 4.21. The van der Waals surface area contributed by atoms with E-state index in [0.29, 0.717) is 33.4 Å². The monoisotopic (exact) mass is 382 g/mol. The number of nitrogens with zero attached hydrogens (tertiary/aromatic N) is 3. The molecule has 9 heteroatoms. The summed E-state index contributed by atoms with van der Waals surface area (Å²) in [4.78, 5) is 28.7. The van der Waals surface area contributed by atoms with Crippen LogP contribution in [-0.2, 0) is 6.54 Å². The van der Waals surface area contributed by atoms with Crippen molar-refractivity contribution in [1.82, 2.24) is 14.7 Å². The average Bonchev–Trinajstić information content (AvgIpc) is 3.38. The Bertz CT molecular complexity index is 1140. The van der Waals surface area contributed by atoms with Crippen molar-refractivity contribution in [3.05, 3.63) is 75.3 Å². The summed E-state index contributed by atoms with van der Waals surface area (Å²) in [6, 6.07) is 9.88. The summed E-state index contributed by atoms with van der Waals surface area (Å²) in [5.41, 5.74) is 2.05. The topological polar surface area (TPSA) is 103 Å². The number of imidazole rings is 1. The molecule has 0 saturated heterocycles. The molecule has 8 nitrogen and oxygen atoms in total. The molecule has 1 aromatic carbocycles. The molecule has 0 fully saturated rings. The minimum Gasteiger partial charge on any atom is -0.467 e. The van der Waals surface area contributed by atoms with Gasteiger partial charge < -0.3 is 9.73 Å². The lowest BCUT2D eigenvalue weighted by Gasteiger charge is -2.02. The zero-order valence-corrected chi connectivity index (χ0v) is 15.0. The molecular weight excluding hydrogens is 368 g/mol. The van der Waals surface area contributed by atoms with Crippen molar-refractivity contribution in [2.75, 3.05) is 0 Å². The van der Waals surface area contributed by atoms with E-state index in [9.17, 15) is 14.9 Å². The van der Waals surface area contributed by atoms with E-state index in [-0.39, 0.29) is 11.6 Å². The van der Waals surface area contributed by atoms with Gasteiger partial charge >= 0.3 is 0 Å². The van der Waals surface area contributed by atoms with E-state index < -0.39 is 4.92 Å². The maximum Gasteiger partial charge on any atom is 0.270 e. The number of aryl methyl sites for hydroxylation is 1. The van der Waals surface area contributed by atoms with Gasteiger partial charge in [0.05, 0.1) is 23.4 Å². The smallest absolute Gasteiger partial charge is 0.270 e. The number of rotatable bonds is 5. The summed E-state index contributed by atoms with van der Waals surface area (Å²) in [5.74, 6) is 0.478. The minimum atomic E-state index is -0.436. The highest BCUT2D eigenvalue weighted by atomic mass is 32.1. The summed E-state index contributed by atoms with van der Waals surface area (Å²) in [6.45, 7) is 2.15. The number of benzene rings is 1. The van der Waals surface area contributed by atoms with Crippen LogP contribution in [0, 0.1) is 17.0 Å². The average molecular weight is 382 g/mol. The van der Waals surface area contributed by atoms with Crippen LogP contribution < -0.4 is 5.32 Å². The molecule has 3 heterocycles. The Morgan fingerprint density at radius 2 is 2.22 bits per heavy atom. The number of furan rings is 1. The van der Waals surface area contributed by atoms with Gasteiger partial charge in [0.1, 0.15) is 10.6 Å². The van der Waals surface area contributed by atoms with Crippen LogP contribution >= 0.6 is 11.3 Å². The first kappa shape index (κ1) is 17.0. The van der Waals surface area contributed by atoms with Crippen LogP contribution in [0.3, 0.4) is 0 Å². The van der Waals surface area contributed by atoms with Crippen molar-refractivity contribution < 1.29 is 14.1 Å². The molecule has 27 heavy (non-hydrogen) atoms. The minimum absolute atomic E-state index is 0.0126. The second-order valence-electron chi connectivity index (χ2n) is 5.86. The molecule has 136 valence electrons. The zero-order valence-electron chi connectivity index (χ0n) is 14.2. The fraction of sp³-hybridized carbons (Fsp3) is 0.111. The van der Waals surface area contributed by atoms with Gasteiger partial charge in [0.15, 0.2) is 4.96 Å². The van der Waals surface area contributed by atoms with Crippen LogP contribution in [-0.4, -0.2) is 20.2 Å². The zero-order chi connectivity index (χ0) is 19.0. The lowest BCUT2D eigenvalue weighted by atomic mass is 10.1. The maximum atomic E-state index is 12.4. The molecule has 0 aliphatic rings. The van der Waals surface area contributed by atoms with E-state index in [1.807, 2.05) is 11.3 Å². The van der Waals surface area contributed by atoms with Gasteiger partial charge in [-0.3, -0.25) is 19.3 Å². The third-order valence-corrected chi connectivity index (χ3v) is 5.27. The molecule has 4 aromatic rings. The molecule has 0 radical (unpaired) electrons. The Labute approximate surface area is 157 Å². The second kappa shape index (κ2) is 6.69. The van der Waals surface area contributed by atoms with Crippen LogP contribution in [0.25, 0.3) is 16.2 Å². The molecule has 1 amide bonds. The number of carbonyl (C=O) groups excluding carboxylic acids is 1. The van der Waals surface area contributed by atoms with Crippen molar-refractivity contribution in [2.24, 2.45) is 0 Å². The number of nitro groups is 1. The predicted octanol–water partition coefficient (Wildman–Crippen LogP) is 3.80. The third-order valence-electron chi connectivity index (χ3n) is 4.12. The van der Waals surface area contributed by atoms with E-state index in [1.54, 1.807) is 36.7 Å². The second-order valence-corrected chi connectivity index (χ2v) is 6.84. The molecular formula is C18H14N4O4S. The van der Waals surface area contributed by atoms with E-state index in [1.165, 1.54) is 23.5 Å². The number of thiazole rings is 1. The highest BCUT2D eigenvalue weighted by Crippen LogP contribution is 2.28. The quantitative estimate of drug-likeness (QED) is 0.418. The van der Waals surface area contributed by atoms with Crippen molar-refractivity contribution >= 4 is 27.9 Å². The summed E-state index contributed by atoms with van der Waals surface area (Å²) in [6.07, 6.45) is 3.34. The first-order valence-electron chi connectivity index (χ1n) is 8.07. The standard InChI is InChI=1S/C18H14N4O4S/c1-11-16(17(23)19-9-14-6-3-7-26-14)27-18-20-15(10-21(11)18)12-4-2-5-13(8-12)22(24)25/h2-8,10H,9H2,1H3,(H,19,23). The maximum absolute atomic E-state index is 12.4. The van der Waals surface area contributed by atoms with Crippen LogP contribution in [0.1, 0.15) is 21.1 Å². The van der Waals surface area contributed by atoms with Gasteiger partial charge in [0, 0.05) is 29.6 Å². The molecule has 0 spiro atoms. The number of nitro benzene ring substituents is 1. The molecule has 0 bridgehead atoms. The lowest BCUT2D eigenvalue weighted by Crippen LogP contribution is -2.22. The number of aromatic nitrogens is 2.